The van der Waals surface area contributed by atoms with Crippen LogP contribution < -0.4 is 9.80 Å². The first kappa shape index (κ1) is 39.3. The Labute approximate surface area is 407 Å². The van der Waals surface area contributed by atoms with E-state index in [2.05, 4.69) is 252 Å². The van der Waals surface area contributed by atoms with Crippen LogP contribution in [0.15, 0.2) is 243 Å². The van der Waals surface area contributed by atoms with Gasteiger partial charge in [-0.15, -0.1) is 0 Å². The van der Waals surface area contributed by atoms with Gasteiger partial charge in [-0.3, -0.25) is 0 Å². The zero-order valence-electron chi connectivity index (χ0n) is 38.6. The molecule has 0 amide bonds. The van der Waals surface area contributed by atoms with Crippen LogP contribution in [0.1, 0.15) is 35.8 Å². The van der Waals surface area contributed by atoms with E-state index in [1.807, 2.05) is 0 Å². The van der Waals surface area contributed by atoms with E-state index >= 15 is 0 Å². The summed E-state index contributed by atoms with van der Waals surface area (Å²) in [5, 5.41) is 15.5. The number of nitrogens with zero attached hydrogens (tertiary/aromatic N) is 2. The highest BCUT2D eigenvalue weighted by atomic mass is 15.1. The summed E-state index contributed by atoms with van der Waals surface area (Å²) in [6.07, 6.45) is 7.34. The molecule has 16 rings (SSSR count). The Morgan fingerprint density at radius 3 is 1.00 bits per heavy atom. The van der Waals surface area contributed by atoms with E-state index < -0.39 is 0 Å². The number of hydrogen-bond acceptors (Lipinski definition) is 2. The van der Waals surface area contributed by atoms with E-state index in [0.717, 1.165) is 22.7 Å². The third-order valence-corrected chi connectivity index (χ3v) is 15.8. The fraction of sp³-hybridized carbons (Fsp3) is 0.0588. The molecule has 13 aromatic rings. The summed E-state index contributed by atoms with van der Waals surface area (Å²) in [6, 6.07) is 86.0. The van der Waals surface area contributed by atoms with Crippen LogP contribution in [0, 0.1) is 0 Å². The molecule has 3 aliphatic carbocycles. The number of hydrogen-bond donors (Lipinski definition) is 0. The molecule has 0 spiro atoms. The van der Waals surface area contributed by atoms with Gasteiger partial charge in [-0.1, -0.05) is 182 Å². The Hall–Kier alpha value is -8.72. The number of rotatable bonds is 8. The molecule has 0 fully saturated rings. The van der Waals surface area contributed by atoms with Crippen molar-refractivity contribution in [1.29, 1.82) is 0 Å². The average molecular weight is 891 g/mol. The molecule has 3 aliphatic rings. The molecular weight excluding hydrogens is 845 g/mol. The van der Waals surface area contributed by atoms with Crippen molar-refractivity contribution in [3.05, 3.63) is 254 Å². The van der Waals surface area contributed by atoms with Crippen LogP contribution in [0.5, 0.6) is 0 Å². The highest BCUT2D eigenvalue weighted by Gasteiger charge is 2.34. The van der Waals surface area contributed by atoms with E-state index in [4.69, 9.17) is 0 Å². The Balaban J connectivity index is 0.820. The maximum atomic E-state index is 2.49. The second-order valence-corrected chi connectivity index (χ2v) is 19.5. The Bertz CT molecular complexity index is 3870. The van der Waals surface area contributed by atoms with Gasteiger partial charge in [-0.25, -0.2) is 0 Å². The van der Waals surface area contributed by atoms with Crippen molar-refractivity contribution in [2.75, 3.05) is 9.80 Å². The molecule has 0 aromatic heterocycles. The molecule has 0 N–H and O–H groups in total. The van der Waals surface area contributed by atoms with Gasteiger partial charge in [0.25, 0.3) is 0 Å². The summed E-state index contributed by atoms with van der Waals surface area (Å²) in [4.78, 5) is 4.87. The van der Waals surface area contributed by atoms with Gasteiger partial charge in [0.05, 0.1) is 11.4 Å². The van der Waals surface area contributed by atoms with Crippen LogP contribution in [-0.4, -0.2) is 0 Å². The van der Waals surface area contributed by atoms with E-state index in [1.54, 1.807) is 0 Å². The smallest absolute Gasteiger partial charge is 0.0540 e. The SMILES string of the molecule is C1=CC2CCC1c1c(-c3ccc(N(c4ccccc4)c4ccc5ccc6cccc7ccc4c5c67)cc3)ccc(-c3ccc(N(c4ccccc4)c4ccc5ccc6cccc7ccc4c5c67)cc3)c12. The zero-order valence-corrected chi connectivity index (χ0v) is 38.6. The summed E-state index contributed by atoms with van der Waals surface area (Å²) in [6.45, 7) is 0. The first-order valence-corrected chi connectivity index (χ1v) is 24.8. The van der Waals surface area contributed by atoms with Crippen LogP contribution >= 0.6 is 0 Å². The molecule has 13 aromatic carbocycles. The third-order valence-electron chi connectivity index (χ3n) is 15.8. The van der Waals surface area contributed by atoms with Crippen molar-refractivity contribution in [1.82, 2.24) is 0 Å². The summed E-state index contributed by atoms with van der Waals surface area (Å²) < 4.78 is 0. The molecule has 2 unspecified atom stereocenters. The Morgan fingerprint density at radius 2 is 0.614 bits per heavy atom. The summed E-state index contributed by atoms with van der Waals surface area (Å²) in [5.41, 5.74) is 15.2. The lowest BCUT2D eigenvalue weighted by atomic mass is 9.67. The molecule has 0 radical (unpaired) electrons. The van der Waals surface area contributed by atoms with Crippen molar-refractivity contribution >= 4 is 98.8 Å². The molecule has 2 atom stereocenters. The van der Waals surface area contributed by atoms with E-state index in [1.165, 1.54) is 122 Å². The normalized spacial score (nSPS) is 15.3. The van der Waals surface area contributed by atoms with Gasteiger partial charge >= 0.3 is 0 Å². The van der Waals surface area contributed by atoms with Crippen LogP contribution in [0.2, 0.25) is 0 Å². The number of benzene rings is 13. The maximum Gasteiger partial charge on any atom is 0.0540 e. The van der Waals surface area contributed by atoms with Gasteiger partial charge < -0.3 is 9.80 Å². The van der Waals surface area contributed by atoms with Crippen molar-refractivity contribution < 1.29 is 0 Å². The molecule has 2 bridgehead atoms. The highest BCUT2D eigenvalue weighted by Crippen LogP contribution is 2.53. The van der Waals surface area contributed by atoms with Crippen molar-refractivity contribution in [3.63, 3.8) is 0 Å². The largest absolute Gasteiger partial charge is 0.310 e. The monoisotopic (exact) mass is 890 g/mol. The minimum atomic E-state index is 0.398. The van der Waals surface area contributed by atoms with Gasteiger partial charge in [0.2, 0.25) is 0 Å². The summed E-state index contributed by atoms with van der Waals surface area (Å²) in [5.74, 6) is 0.796. The molecular formula is C68H46N2. The molecule has 0 aliphatic heterocycles. The summed E-state index contributed by atoms with van der Waals surface area (Å²) >= 11 is 0. The maximum absolute atomic E-state index is 2.49. The van der Waals surface area contributed by atoms with Crippen molar-refractivity contribution in [3.8, 4) is 22.3 Å². The lowest BCUT2D eigenvalue weighted by Crippen LogP contribution is -2.19. The highest BCUT2D eigenvalue weighted by molar-refractivity contribution is 6.27. The van der Waals surface area contributed by atoms with Gasteiger partial charge in [-0.2, -0.15) is 0 Å². The third kappa shape index (κ3) is 5.93. The van der Waals surface area contributed by atoms with Crippen molar-refractivity contribution in [2.45, 2.75) is 24.7 Å². The number of allylic oxidation sites excluding steroid dienone is 2. The van der Waals surface area contributed by atoms with E-state index in [9.17, 15) is 0 Å². The van der Waals surface area contributed by atoms with Crippen LogP contribution in [0.4, 0.5) is 34.1 Å². The predicted octanol–water partition coefficient (Wildman–Crippen LogP) is 19.3. The van der Waals surface area contributed by atoms with Gasteiger partial charge in [0.1, 0.15) is 0 Å². The quantitative estimate of drug-likeness (QED) is 0.111. The fourth-order valence-corrected chi connectivity index (χ4v) is 12.7. The molecule has 70 heavy (non-hydrogen) atoms. The second-order valence-electron chi connectivity index (χ2n) is 19.5. The molecule has 0 saturated heterocycles. The first-order valence-electron chi connectivity index (χ1n) is 24.8. The predicted molar refractivity (Wildman–Crippen MR) is 298 cm³/mol. The lowest BCUT2D eigenvalue weighted by Gasteiger charge is -2.37. The lowest BCUT2D eigenvalue weighted by molar-refractivity contribution is 0.555. The summed E-state index contributed by atoms with van der Waals surface area (Å²) in [7, 11) is 0. The number of para-hydroxylation sites is 2. The van der Waals surface area contributed by atoms with Gasteiger partial charge in [-0.05, 0) is 161 Å². The Morgan fingerprint density at radius 1 is 0.271 bits per heavy atom. The molecule has 2 nitrogen and oxygen atoms in total. The van der Waals surface area contributed by atoms with Crippen LogP contribution in [0.25, 0.3) is 86.9 Å². The molecule has 2 heteroatoms. The molecule has 0 heterocycles. The average Bonchev–Trinajstić information content (AvgIpc) is 3.44. The number of anilines is 6. The van der Waals surface area contributed by atoms with Crippen LogP contribution in [0.3, 0.4) is 0 Å². The zero-order chi connectivity index (χ0) is 45.9. The fourth-order valence-electron chi connectivity index (χ4n) is 12.7. The molecule has 0 saturated carbocycles. The Kier molecular flexibility index (Phi) is 8.64. The molecule has 328 valence electrons. The van der Waals surface area contributed by atoms with E-state index in [0.29, 0.717) is 11.8 Å². The van der Waals surface area contributed by atoms with Gasteiger partial charge in [0, 0.05) is 45.4 Å². The van der Waals surface area contributed by atoms with Crippen LogP contribution in [-0.2, 0) is 0 Å². The van der Waals surface area contributed by atoms with Gasteiger partial charge in [0.15, 0.2) is 0 Å². The second kappa shape index (κ2) is 15.4. The standard InChI is InChI=1S/C68H46N2/c1-3-13-53(14-4-1)69(61-41-31-51-19-17-45-9-7-11-47-29-37-59(61)67(51)63(45)47)55-33-25-43(26-34-55)57-39-40-58(66-50-23-21-49(22-24-50)65(57)66)44-27-35-56(36-28-44)70(54-15-5-2-6-16-54)62-42-32-52-20-18-46-10-8-12-48-30-38-60(62)68(52)64(46)48/h1-21,23,25-42,49-50H,22,24H2. The first-order chi connectivity index (χ1) is 34.7. The van der Waals surface area contributed by atoms with Crippen molar-refractivity contribution in [2.24, 2.45) is 0 Å². The topological polar surface area (TPSA) is 6.48 Å². The minimum Gasteiger partial charge on any atom is -0.310 e. The minimum absolute atomic E-state index is 0.398. The number of fused-ring (bicyclic) bond motifs is 1. The van der Waals surface area contributed by atoms with E-state index in [-0.39, 0.29) is 0 Å².